The van der Waals surface area contributed by atoms with Crippen LogP contribution in [0.25, 0.3) is 0 Å². The maximum absolute atomic E-state index is 12.4. The molecule has 1 unspecified atom stereocenters. The van der Waals surface area contributed by atoms with Crippen molar-refractivity contribution in [3.8, 4) is 6.07 Å². The fourth-order valence-corrected chi connectivity index (χ4v) is 2.06. The van der Waals surface area contributed by atoms with E-state index in [2.05, 4.69) is 11.4 Å². The fraction of sp³-hybridized carbons (Fsp3) is 0.857. The Bertz CT molecular complexity index is 330. The Morgan fingerprint density at radius 3 is 2.58 bits per heavy atom. The van der Waals surface area contributed by atoms with Crippen LogP contribution in [0.3, 0.4) is 0 Å². The molecule has 5 nitrogen and oxygen atoms in total. The van der Waals surface area contributed by atoms with Crippen LogP contribution in [-0.4, -0.2) is 38.4 Å². The third-order valence-electron chi connectivity index (χ3n) is 3.62. The summed E-state index contributed by atoms with van der Waals surface area (Å²) in [7, 11) is 0. The molecule has 0 radical (unpaired) electrons. The Morgan fingerprint density at radius 1 is 1.47 bits per heavy atom. The van der Waals surface area contributed by atoms with Crippen molar-refractivity contribution in [2.24, 2.45) is 11.3 Å². The smallest absolute Gasteiger partial charge is 0.240 e. The average molecular weight is 268 g/mol. The average Bonchev–Trinajstić information content (AvgIpc) is 2.43. The molecule has 0 aliphatic carbocycles. The van der Waals surface area contributed by atoms with Gasteiger partial charge in [-0.25, -0.2) is 0 Å². The van der Waals surface area contributed by atoms with Crippen molar-refractivity contribution >= 4 is 5.91 Å². The number of nitrogens with one attached hydrogen (secondary N) is 1. The van der Waals surface area contributed by atoms with Gasteiger partial charge in [0.15, 0.2) is 0 Å². The number of ether oxygens (including phenoxy) is 2. The molecule has 1 aliphatic heterocycles. The molecule has 1 saturated heterocycles. The molecule has 1 fully saturated rings. The molecule has 0 aromatic carbocycles. The van der Waals surface area contributed by atoms with Gasteiger partial charge in [0, 0.05) is 19.8 Å². The summed E-state index contributed by atoms with van der Waals surface area (Å²) < 4.78 is 10.6. The number of carbonyl (C=O) groups is 1. The van der Waals surface area contributed by atoms with Gasteiger partial charge in [0.25, 0.3) is 0 Å². The molecule has 1 aliphatic rings. The molecule has 5 heteroatoms. The van der Waals surface area contributed by atoms with Crippen LogP contribution in [0.2, 0.25) is 0 Å². The lowest BCUT2D eigenvalue weighted by Gasteiger charge is -2.32. The monoisotopic (exact) mass is 268 g/mol. The Balaban J connectivity index is 2.66. The van der Waals surface area contributed by atoms with Gasteiger partial charge in [-0.05, 0) is 25.7 Å². The number of hydrogen-bond donors (Lipinski definition) is 1. The van der Waals surface area contributed by atoms with E-state index in [-0.39, 0.29) is 17.9 Å². The van der Waals surface area contributed by atoms with Crippen molar-refractivity contribution in [2.45, 2.75) is 39.7 Å². The van der Waals surface area contributed by atoms with Gasteiger partial charge in [0.1, 0.15) is 5.41 Å². The summed E-state index contributed by atoms with van der Waals surface area (Å²) in [5, 5.41) is 12.3. The highest BCUT2D eigenvalue weighted by molar-refractivity contribution is 5.85. The Hall–Kier alpha value is -1.12. The molecular formula is C14H24N2O3. The van der Waals surface area contributed by atoms with E-state index in [1.54, 1.807) is 0 Å². The minimum Gasteiger partial charge on any atom is -0.381 e. The van der Waals surface area contributed by atoms with Gasteiger partial charge >= 0.3 is 0 Å². The first-order valence-corrected chi connectivity index (χ1v) is 6.93. The second-order valence-electron chi connectivity index (χ2n) is 5.29. The van der Waals surface area contributed by atoms with E-state index in [0.717, 1.165) is 0 Å². The van der Waals surface area contributed by atoms with Gasteiger partial charge in [0.2, 0.25) is 5.91 Å². The van der Waals surface area contributed by atoms with Crippen LogP contribution in [0.1, 0.15) is 33.6 Å². The highest BCUT2D eigenvalue weighted by Crippen LogP contribution is 2.30. The van der Waals surface area contributed by atoms with E-state index in [0.29, 0.717) is 39.3 Å². The predicted octanol–water partition coefficient (Wildman–Crippen LogP) is 1.48. The number of carbonyl (C=O) groups excluding carboxylic acids is 1. The number of amides is 1. The number of nitriles is 1. The molecule has 0 bridgehead atoms. The number of rotatable bonds is 6. The molecular weight excluding hydrogens is 244 g/mol. The summed E-state index contributed by atoms with van der Waals surface area (Å²) in [4.78, 5) is 12.4. The van der Waals surface area contributed by atoms with Crippen LogP contribution in [0.5, 0.6) is 0 Å². The predicted molar refractivity (Wildman–Crippen MR) is 71.4 cm³/mol. The van der Waals surface area contributed by atoms with Gasteiger partial charge in [-0.1, -0.05) is 13.8 Å². The van der Waals surface area contributed by atoms with E-state index in [1.165, 1.54) is 0 Å². The van der Waals surface area contributed by atoms with Crippen LogP contribution in [0.15, 0.2) is 0 Å². The van der Waals surface area contributed by atoms with Crippen molar-refractivity contribution in [2.75, 3.05) is 26.4 Å². The minimum absolute atomic E-state index is 0.0551. The highest BCUT2D eigenvalue weighted by Gasteiger charge is 2.41. The third kappa shape index (κ3) is 4.19. The molecule has 0 aromatic rings. The lowest BCUT2D eigenvalue weighted by Crippen LogP contribution is -2.50. The molecule has 1 heterocycles. The zero-order valence-corrected chi connectivity index (χ0v) is 12.1. The fourth-order valence-electron chi connectivity index (χ4n) is 2.06. The Morgan fingerprint density at radius 2 is 2.11 bits per heavy atom. The standard InChI is InChI=1S/C14H24N2O3/c1-4-18-9-12(11(2)3)16-13(17)14(10-15)5-7-19-8-6-14/h11-12H,4-9H2,1-3H3,(H,16,17). The first-order valence-electron chi connectivity index (χ1n) is 6.93. The number of nitrogens with zero attached hydrogens (tertiary/aromatic N) is 1. The van der Waals surface area contributed by atoms with Gasteiger partial charge in [-0.2, -0.15) is 5.26 Å². The van der Waals surface area contributed by atoms with E-state index >= 15 is 0 Å². The third-order valence-corrected chi connectivity index (χ3v) is 3.62. The maximum atomic E-state index is 12.4. The van der Waals surface area contributed by atoms with Crippen LogP contribution < -0.4 is 5.32 Å². The number of hydrogen-bond acceptors (Lipinski definition) is 4. The minimum atomic E-state index is -0.933. The highest BCUT2D eigenvalue weighted by atomic mass is 16.5. The van der Waals surface area contributed by atoms with Gasteiger partial charge in [-0.15, -0.1) is 0 Å². The summed E-state index contributed by atoms with van der Waals surface area (Å²) in [6.07, 6.45) is 0.934. The summed E-state index contributed by atoms with van der Waals surface area (Å²) in [6.45, 7) is 8.04. The van der Waals surface area contributed by atoms with Crippen LogP contribution in [0, 0.1) is 22.7 Å². The van der Waals surface area contributed by atoms with Crippen molar-refractivity contribution < 1.29 is 14.3 Å². The van der Waals surface area contributed by atoms with E-state index < -0.39 is 5.41 Å². The lowest BCUT2D eigenvalue weighted by molar-refractivity contribution is -0.134. The molecule has 19 heavy (non-hydrogen) atoms. The second kappa shape index (κ2) is 7.46. The normalized spacial score (nSPS) is 19.7. The summed E-state index contributed by atoms with van der Waals surface area (Å²) in [6, 6.07) is 2.13. The largest absolute Gasteiger partial charge is 0.381 e. The van der Waals surface area contributed by atoms with Gasteiger partial charge < -0.3 is 14.8 Å². The summed E-state index contributed by atoms with van der Waals surface area (Å²) in [5.41, 5.74) is -0.933. The SMILES string of the molecule is CCOCC(NC(=O)C1(C#N)CCOCC1)C(C)C. The van der Waals surface area contributed by atoms with Gasteiger partial charge in [0.05, 0.1) is 18.7 Å². The van der Waals surface area contributed by atoms with Crippen molar-refractivity contribution in [1.82, 2.24) is 5.32 Å². The molecule has 1 atom stereocenters. The second-order valence-corrected chi connectivity index (χ2v) is 5.29. The Labute approximate surface area is 115 Å². The van der Waals surface area contributed by atoms with Crippen LogP contribution in [0.4, 0.5) is 0 Å². The molecule has 0 aromatic heterocycles. The van der Waals surface area contributed by atoms with E-state index in [9.17, 15) is 10.1 Å². The van der Waals surface area contributed by atoms with Crippen LogP contribution in [-0.2, 0) is 14.3 Å². The maximum Gasteiger partial charge on any atom is 0.240 e. The molecule has 1 N–H and O–H groups in total. The van der Waals surface area contributed by atoms with Gasteiger partial charge in [-0.3, -0.25) is 4.79 Å². The van der Waals surface area contributed by atoms with Crippen molar-refractivity contribution in [3.63, 3.8) is 0 Å². The van der Waals surface area contributed by atoms with Crippen molar-refractivity contribution in [3.05, 3.63) is 0 Å². The summed E-state index contributed by atoms with van der Waals surface area (Å²) >= 11 is 0. The first-order chi connectivity index (χ1) is 9.05. The molecule has 1 amide bonds. The lowest BCUT2D eigenvalue weighted by atomic mass is 9.80. The Kier molecular flexibility index (Phi) is 6.26. The molecule has 1 rings (SSSR count). The summed E-state index contributed by atoms with van der Waals surface area (Å²) in [5.74, 6) is 0.0859. The van der Waals surface area contributed by atoms with E-state index in [1.807, 2.05) is 20.8 Å². The van der Waals surface area contributed by atoms with Crippen LogP contribution >= 0.6 is 0 Å². The first kappa shape index (κ1) is 15.9. The topological polar surface area (TPSA) is 71.3 Å². The molecule has 0 spiro atoms. The molecule has 0 saturated carbocycles. The quantitative estimate of drug-likeness (QED) is 0.792. The molecule has 108 valence electrons. The van der Waals surface area contributed by atoms with E-state index in [4.69, 9.17) is 9.47 Å². The van der Waals surface area contributed by atoms with Crippen molar-refractivity contribution in [1.29, 1.82) is 5.26 Å². The zero-order valence-electron chi connectivity index (χ0n) is 12.1. The zero-order chi connectivity index (χ0) is 14.3.